The fourth-order valence-electron chi connectivity index (χ4n) is 1.66. The van der Waals surface area contributed by atoms with Crippen LogP contribution in [0.2, 0.25) is 5.15 Å². The molecule has 0 aromatic carbocycles. The highest BCUT2D eigenvalue weighted by atomic mass is 35.5. The van der Waals surface area contributed by atoms with Gasteiger partial charge < -0.3 is 9.84 Å². The van der Waals surface area contributed by atoms with Gasteiger partial charge in [-0.05, 0) is 12.1 Å². The average molecular weight is 319 g/mol. The summed E-state index contributed by atoms with van der Waals surface area (Å²) >= 11 is 5.72. The van der Waals surface area contributed by atoms with Crippen molar-refractivity contribution in [1.82, 2.24) is 9.97 Å². The molecule has 21 heavy (non-hydrogen) atoms. The molecule has 1 N–H and O–H groups in total. The molecule has 0 spiro atoms. The first-order chi connectivity index (χ1) is 9.82. The van der Waals surface area contributed by atoms with E-state index < -0.39 is 23.1 Å². The van der Waals surface area contributed by atoms with E-state index in [1.807, 2.05) is 0 Å². The van der Waals surface area contributed by atoms with Gasteiger partial charge in [-0.3, -0.25) is 0 Å². The summed E-state index contributed by atoms with van der Waals surface area (Å²) in [6, 6.07) is 6.49. The smallest absolute Gasteiger partial charge is 0.433 e. The Labute approximate surface area is 123 Å². The van der Waals surface area contributed by atoms with Crippen molar-refractivity contribution in [3.63, 3.8) is 0 Å². The Bertz CT molecular complexity index is 650. The second kappa shape index (κ2) is 5.87. The van der Waals surface area contributed by atoms with Gasteiger partial charge in [-0.2, -0.15) is 13.2 Å². The quantitative estimate of drug-likeness (QED) is 0.883. The number of pyridine rings is 2. The number of hydrogen-bond acceptors (Lipinski definition) is 4. The molecule has 2 aromatic rings. The van der Waals surface area contributed by atoms with E-state index in [0.29, 0.717) is 0 Å². The van der Waals surface area contributed by atoms with Gasteiger partial charge in [0.25, 0.3) is 0 Å². The predicted molar refractivity (Wildman–Crippen MR) is 69.1 cm³/mol. The van der Waals surface area contributed by atoms with Crippen molar-refractivity contribution in [2.75, 3.05) is 7.11 Å². The Kier molecular flexibility index (Phi) is 4.34. The van der Waals surface area contributed by atoms with Crippen LogP contribution < -0.4 is 4.74 Å². The van der Waals surface area contributed by atoms with Crippen LogP contribution in [0.4, 0.5) is 13.2 Å². The molecular weight excluding hydrogens is 309 g/mol. The summed E-state index contributed by atoms with van der Waals surface area (Å²) in [6.45, 7) is 0. The zero-order valence-electron chi connectivity index (χ0n) is 10.7. The maximum Gasteiger partial charge on any atom is 0.433 e. The first kappa shape index (κ1) is 15.5. The Morgan fingerprint density at radius 1 is 1.19 bits per heavy atom. The summed E-state index contributed by atoms with van der Waals surface area (Å²) in [5, 5.41) is 9.73. The molecule has 0 aliphatic carbocycles. The number of halogens is 4. The molecule has 1 atom stereocenters. The number of methoxy groups -OCH3 is 1. The van der Waals surface area contributed by atoms with E-state index in [1.165, 1.54) is 13.2 Å². The second-order valence-corrected chi connectivity index (χ2v) is 4.44. The van der Waals surface area contributed by atoms with Gasteiger partial charge in [0.1, 0.15) is 17.0 Å². The molecule has 0 bridgehead atoms. The van der Waals surface area contributed by atoms with E-state index in [4.69, 9.17) is 16.3 Å². The van der Waals surface area contributed by atoms with E-state index in [-0.39, 0.29) is 17.1 Å². The van der Waals surface area contributed by atoms with E-state index in [1.54, 1.807) is 12.1 Å². The summed E-state index contributed by atoms with van der Waals surface area (Å²) < 4.78 is 42.4. The van der Waals surface area contributed by atoms with Gasteiger partial charge in [-0.25, -0.2) is 9.97 Å². The van der Waals surface area contributed by atoms with Gasteiger partial charge in [-0.15, -0.1) is 0 Å². The van der Waals surface area contributed by atoms with Crippen LogP contribution in [0, 0.1) is 0 Å². The largest absolute Gasteiger partial charge is 0.481 e. The number of nitrogens with zero attached hydrogens (tertiary/aromatic N) is 2. The van der Waals surface area contributed by atoms with Gasteiger partial charge in [0.15, 0.2) is 0 Å². The zero-order valence-corrected chi connectivity index (χ0v) is 11.5. The molecule has 0 aliphatic heterocycles. The minimum atomic E-state index is -4.60. The molecular formula is C13H10ClF3N2O2. The third kappa shape index (κ3) is 3.43. The summed E-state index contributed by atoms with van der Waals surface area (Å²) in [5.74, 6) is 0.266. The summed E-state index contributed by atoms with van der Waals surface area (Å²) in [7, 11) is 1.41. The molecule has 2 heterocycles. The lowest BCUT2D eigenvalue weighted by Crippen LogP contribution is -2.10. The predicted octanol–water partition coefficient (Wildman–Crippen LogP) is 3.24. The van der Waals surface area contributed by atoms with Gasteiger partial charge in [0.05, 0.1) is 12.8 Å². The molecule has 4 nitrogen and oxygen atoms in total. The van der Waals surface area contributed by atoms with Gasteiger partial charge in [0, 0.05) is 11.6 Å². The summed E-state index contributed by atoms with van der Waals surface area (Å²) in [5.41, 5.74) is -0.898. The first-order valence-electron chi connectivity index (χ1n) is 5.75. The number of aliphatic hydroxyl groups is 1. The van der Waals surface area contributed by atoms with Crippen LogP contribution in [-0.2, 0) is 6.18 Å². The second-order valence-electron chi connectivity index (χ2n) is 4.08. The monoisotopic (exact) mass is 318 g/mol. The molecule has 0 aliphatic rings. The number of alkyl halides is 3. The Hall–Kier alpha value is -1.86. The van der Waals surface area contributed by atoms with Crippen molar-refractivity contribution < 1.29 is 23.0 Å². The van der Waals surface area contributed by atoms with Crippen molar-refractivity contribution >= 4 is 11.6 Å². The molecule has 112 valence electrons. The van der Waals surface area contributed by atoms with Crippen LogP contribution in [0.5, 0.6) is 5.88 Å². The molecule has 1 unspecified atom stereocenters. The third-order valence-electron chi connectivity index (χ3n) is 2.70. The molecule has 8 heteroatoms. The maximum atomic E-state index is 12.5. The van der Waals surface area contributed by atoms with E-state index >= 15 is 0 Å². The normalized spacial score (nSPS) is 13.0. The lowest BCUT2D eigenvalue weighted by Gasteiger charge is -2.14. The van der Waals surface area contributed by atoms with Crippen molar-refractivity contribution in [3.8, 4) is 5.88 Å². The van der Waals surface area contributed by atoms with E-state index in [0.717, 1.165) is 12.1 Å². The Morgan fingerprint density at radius 2 is 1.90 bits per heavy atom. The lowest BCUT2D eigenvalue weighted by atomic mass is 10.1. The van der Waals surface area contributed by atoms with Crippen LogP contribution in [0.3, 0.4) is 0 Å². The van der Waals surface area contributed by atoms with Crippen LogP contribution >= 0.6 is 11.6 Å². The standard InChI is InChI=1S/C13H10ClF3N2O2/c1-21-10-4-2-3-8(18-10)11(20)7-5-6-9(13(15,16)17)19-12(7)14/h2-6,11,20H,1H3. The highest BCUT2D eigenvalue weighted by Gasteiger charge is 2.33. The van der Waals surface area contributed by atoms with Crippen molar-refractivity contribution in [1.29, 1.82) is 0 Å². The summed E-state index contributed by atoms with van der Waals surface area (Å²) in [4.78, 5) is 7.25. The van der Waals surface area contributed by atoms with Crippen molar-refractivity contribution in [3.05, 3.63) is 52.4 Å². The molecule has 0 fully saturated rings. The fraction of sp³-hybridized carbons (Fsp3) is 0.231. The van der Waals surface area contributed by atoms with Crippen LogP contribution in [0.1, 0.15) is 23.1 Å². The number of aromatic nitrogens is 2. The number of ether oxygens (including phenoxy) is 1. The number of rotatable bonds is 3. The molecule has 0 saturated heterocycles. The van der Waals surface area contributed by atoms with Gasteiger partial charge in [0.2, 0.25) is 5.88 Å². The fourth-order valence-corrected chi connectivity index (χ4v) is 1.92. The third-order valence-corrected chi connectivity index (χ3v) is 3.00. The number of aliphatic hydroxyl groups excluding tert-OH is 1. The zero-order chi connectivity index (χ0) is 15.6. The topological polar surface area (TPSA) is 55.2 Å². The van der Waals surface area contributed by atoms with Crippen LogP contribution in [-0.4, -0.2) is 22.2 Å². The molecule has 0 amide bonds. The van der Waals surface area contributed by atoms with Gasteiger partial charge >= 0.3 is 6.18 Å². The Balaban J connectivity index is 2.37. The van der Waals surface area contributed by atoms with E-state index in [2.05, 4.69) is 9.97 Å². The SMILES string of the molecule is COc1cccc(C(O)c2ccc(C(F)(F)F)nc2Cl)n1. The highest BCUT2D eigenvalue weighted by molar-refractivity contribution is 6.30. The van der Waals surface area contributed by atoms with Crippen molar-refractivity contribution in [2.24, 2.45) is 0 Å². The van der Waals surface area contributed by atoms with Crippen LogP contribution in [0.25, 0.3) is 0 Å². The van der Waals surface area contributed by atoms with Crippen molar-refractivity contribution in [2.45, 2.75) is 12.3 Å². The molecule has 2 aromatic heterocycles. The van der Waals surface area contributed by atoms with Crippen LogP contribution in [0.15, 0.2) is 30.3 Å². The van der Waals surface area contributed by atoms with E-state index in [9.17, 15) is 18.3 Å². The first-order valence-corrected chi connectivity index (χ1v) is 6.13. The van der Waals surface area contributed by atoms with Gasteiger partial charge in [-0.1, -0.05) is 23.7 Å². The molecule has 0 saturated carbocycles. The minimum absolute atomic E-state index is 0.0328. The average Bonchev–Trinajstić information content (AvgIpc) is 2.45. The highest BCUT2D eigenvalue weighted by Crippen LogP contribution is 2.32. The Morgan fingerprint density at radius 3 is 2.48 bits per heavy atom. The minimum Gasteiger partial charge on any atom is -0.481 e. The maximum absolute atomic E-state index is 12.5. The molecule has 2 rings (SSSR count). The molecule has 0 radical (unpaired) electrons. The number of hydrogen-bond donors (Lipinski definition) is 1. The lowest BCUT2D eigenvalue weighted by molar-refractivity contribution is -0.141. The summed E-state index contributed by atoms with van der Waals surface area (Å²) in [6.07, 6.45) is -5.90.